The average Bonchev–Trinajstić information content (AvgIpc) is 2.92. The van der Waals surface area contributed by atoms with Gasteiger partial charge in [-0.2, -0.15) is 0 Å². The van der Waals surface area contributed by atoms with Gasteiger partial charge in [0.25, 0.3) is 0 Å². The van der Waals surface area contributed by atoms with E-state index in [1.165, 1.54) is 69.9 Å². The van der Waals surface area contributed by atoms with Crippen molar-refractivity contribution in [3.63, 3.8) is 0 Å². The van der Waals surface area contributed by atoms with Gasteiger partial charge in [-0.15, -0.1) is 6.58 Å². The smallest absolute Gasteiger partial charge is 0.115 e. The van der Waals surface area contributed by atoms with Crippen molar-refractivity contribution >= 4 is 5.57 Å². The number of aromatic hydroxyl groups is 1. The molecule has 1 atom stereocenters. The van der Waals surface area contributed by atoms with E-state index in [2.05, 4.69) is 62.6 Å². The zero-order valence-electron chi connectivity index (χ0n) is 23.9. The average molecular weight is 505 g/mol. The van der Waals surface area contributed by atoms with Crippen LogP contribution in [0.4, 0.5) is 0 Å². The summed E-state index contributed by atoms with van der Waals surface area (Å²) in [7, 11) is 4.34. The number of unbranched alkanes of at least 4 members (excludes halogenated alkanes) is 4. The van der Waals surface area contributed by atoms with E-state index < -0.39 is 0 Å². The van der Waals surface area contributed by atoms with Crippen LogP contribution in [0.5, 0.6) is 5.75 Å². The number of aryl methyl sites for hydroxylation is 2. The number of hydrogen-bond acceptors (Lipinski definition) is 3. The first-order valence-corrected chi connectivity index (χ1v) is 14.5. The van der Waals surface area contributed by atoms with Crippen LogP contribution in [0, 0.1) is 0 Å². The van der Waals surface area contributed by atoms with E-state index in [9.17, 15) is 5.11 Å². The van der Waals surface area contributed by atoms with Gasteiger partial charge in [-0.05, 0) is 125 Å². The van der Waals surface area contributed by atoms with Gasteiger partial charge in [-0.3, -0.25) is 0 Å². The second kappa shape index (κ2) is 18.0. The minimum Gasteiger partial charge on any atom is -0.508 e. The van der Waals surface area contributed by atoms with Crippen LogP contribution >= 0.6 is 0 Å². The van der Waals surface area contributed by atoms with Crippen LogP contribution in [0.1, 0.15) is 87.0 Å². The van der Waals surface area contributed by atoms with E-state index in [4.69, 9.17) is 0 Å². The molecule has 2 aromatic carbocycles. The molecule has 0 aliphatic heterocycles. The Kier molecular flexibility index (Phi) is 15.0. The summed E-state index contributed by atoms with van der Waals surface area (Å²) in [5.74, 6) is 0.308. The van der Waals surface area contributed by atoms with Crippen molar-refractivity contribution in [3.05, 3.63) is 84.0 Å². The molecular weight excluding hydrogens is 452 g/mol. The lowest BCUT2D eigenvalue weighted by Gasteiger charge is -2.24. The van der Waals surface area contributed by atoms with E-state index >= 15 is 0 Å². The maximum absolute atomic E-state index is 9.17. The molecule has 3 rings (SSSR count). The van der Waals surface area contributed by atoms with E-state index in [0.29, 0.717) is 11.8 Å². The van der Waals surface area contributed by atoms with Gasteiger partial charge in [0.15, 0.2) is 0 Å². The molecule has 0 heterocycles. The van der Waals surface area contributed by atoms with Crippen LogP contribution in [0.25, 0.3) is 5.57 Å². The van der Waals surface area contributed by atoms with Gasteiger partial charge in [0, 0.05) is 12.6 Å². The molecule has 1 aliphatic rings. The molecule has 2 aromatic rings. The number of allylic oxidation sites excluding steroid dienone is 2. The SMILES string of the molecule is C=CCCCCCC(=C)c1ccc(O)cc1.CCCCN(C)CC(Cc1ccc2c(c1)CCCC2)NC. The van der Waals surface area contributed by atoms with Crippen LogP contribution in [0.15, 0.2) is 61.7 Å². The molecule has 0 saturated carbocycles. The van der Waals surface area contributed by atoms with Gasteiger partial charge in [-0.1, -0.05) is 62.8 Å². The lowest BCUT2D eigenvalue weighted by molar-refractivity contribution is 0.289. The molecule has 3 heteroatoms. The largest absolute Gasteiger partial charge is 0.508 e. The van der Waals surface area contributed by atoms with Crippen molar-refractivity contribution in [2.45, 2.75) is 90.0 Å². The lowest BCUT2D eigenvalue weighted by atomic mass is 9.89. The van der Waals surface area contributed by atoms with E-state index in [1.54, 1.807) is 23.3 Å². The van der Waals surface area contributed by atoms with Crippen LogP contribution in [-0.4, -0.2) is 43.2 Å². The number of likely N-dealkylation sites (N-methyl/N-ethyl adjacent to an activating group) is 2. The Morgan fingerprint density at radius 3 is 2.43 bits per heavy atom. The maximum atomic E-state index is 9.17. The Morgan fingerprint density at radius 1 is 1.03 bits per heavy atom. The van der Waals surface area contributed by atoms with Crippen LogP contribution in [-0.2, 0) is 19.3 Å². The Morgan fingerprint density at radius 2 is 1.76 bits per heavy atom. The number of rotatable bonds is 15. The van der Waals surface area contributed by atoms with Gasteiger partial charge >= 0.3 is 0 Å². The number of hydrogen-bond donors (Lipinski definition) is 2. The molecule has 0 saturated heterocycles. The molecule has 0 fully saturated rings. The third-order valence-electron chi connectivity index (χ3n) is 7.39. The second-order valence-electron chi connectivity index (χ2n) is 10.7. The van der Waals surface area contributed by atoms with Crippen LogP contribution < -0.4 is 5.32 Å². The topological polar surface area (TPSA) is 35.5 Å². The van der Waals surface area contributed by atoms with Crippen LogP contribution in [0.3, 0.4) is 0 Å². The highest BCUT2D eigenvalue weighted by Gasteiger charge is 2.13. The number of nitrogens with zero attached hydrogens (tertiary/aromatic N) is 1. The molecule has 2 N–H and O–H groups in total. The number of nitrogens with one attached hydrogen (secondary N) is 1. The molecule has 204 valence electrons. The fraction of sp³-hybridized carbons (Fsp3) is 0.529. The molecular formula is C34H52N2O. The van der Waals surface area contributed by atoms with Crippen molar-refractivity contribution in [2.24, 2.45) is 0 Å². The van der Waals surface area contributed by atoms with Gasteiger partial charge in [-0.25, -0.2) is 0 Å². The monoisotopic (exact) mass is 504 g/mol. The van der Waals surface area contributed by atoms with Crippen molar-refractivity contribution < 1.29 is 5.11 Å². The highest BCUT2D eigenvalue weighted by molar-refractivity contribution is 5.63. The van der Waals surface area contributed by atoms with Gasteiger partial charge in [0.05, 0.1) is 0 Å². The fourth-order valence-corrected chi connectivity index (χ4v) is 5.00. The summed E-state index contributed by atoms with van der Waals surface area (Å²) in [5.41, 5.74) is 6.97. The van der Waals surface area contributed by atoms with Gasteiger partial charge in [0.2, 0.25) is 0 Å². The maximum Gasteiger partial charge on any atom is 0.115 e. The van der Waals surface area contributed by atoms with E-state index in [1.807, 2.05) is 18.2 Å². The summed E-state index contributed by atoms with van der Waals surface area (Å²) < 4.78 is 0. The first-order chi connectivity index (χ1) is 18.0. The van der Waals surface area contributed by atoms with Gasteiger partial charge in [0.1, 0.15) is 5.75 Å². The fourth-order valence-electron chi connectivity index (χ4n) is 5.00. The summed E-state index contributed by atoms with van der Waals surface area (Å²) in [4.78, 5) is 2.46. The van der Waals surface area contributed by atoms with Gasteiger partial charge < -0.3 is 15.3 Å². The molecule has 0 aromatic heterocycles. The van der Waals surface area contributed by atoms with E-state index in [0.717, 1.165) is 36.9 Å². The van der Waals surface area contributed by atoms with Crippen molar-refractivity contribution in [2.75, 3.05) is 27.2 Å². The molecule has 1 unspecified atom stereocenters. The Labute approximate surface area is 227 Å². The Bertz CT molecular complexity index is 918. The summed E-state index contributed by atoms with van der Waals surface area (Å²) in [5, 5.41) is 12.7. The lowest BCUT2D eigenvalue weighted by Crippen LogP contribution is -2.39. The molecule has 0 amide bonds. The summed E-state index contributed by atoms with van der Waals surface area (Å²) >= 11 is 0. The number of phenols is 1. The number of benzene rings is 2. The summed E-state index contributed by atoms with van der Waals surface area (Å²) in [6, 6.07) is 15.0. The quantitative estimate of drug-likeness (QED) is 0.191. The summed E-state index contributed by atoms with van der Waals surface area (Å²) in [6.07, 6.45) is 16.7. The minimum atomic E-state index is 0.308. The summed E-state index contributed by atoms with van der Waals surface area (Å²) in [6.45, 7) is 12.4. The second-order valence-corrected chi connectivity index (χ2v) is 10.7. The molecule has 0 bridgehead atoms. The van der Waals surface area contributed by atoms with E-state index in [-0.39, 0.29) is 0 Å². The zero-order valence-corrected chi connectivity index (χ0v) is 23.9. The molecule has 0 spiro atoms. The minimum absolute atomic E-state index is 0.308. The highest BCUT2D eigenvalue weighted by Crippen LogP contribution is 2.23. The first-order valence-electron chi connectivity index (χ1n) is 14.5. The third kappa shape index (κ3) is 12.2. The highest BCUT2D eigenvalue weighted by atomic mass is 16.3. The predicted octanol–water partition coefficient (Wildman–Crippen LogP) is 7.97. The van der Waals surface area contributed by atoms with Crippen LogP contribution in [0.2, 0.25) is 0 Å². The normalized spacial score (nSPS) is 13.4. The molecule has 0 radical (unpaired) electrons. The third-order valence-corrected chi connectivity index (χ3v) is 7.39. The predicted molar refractivity (Wildman–Crippen MR) is 162 cm³/mol. The zero-order chi connectivity index (χ0) is 26.9. The van der Waals surface area contributed by atoms with Crippen molar-refractivity contribution in [3.8, 4) is 5.75 Å². The standard InChI is InChI=1S/C19H32N2.C15H20O/c1-4-5-12-21(3)15-19(20-2)14-16-10-11-17-8-6-7-9-18(17)13-16;1-3-4-5-6-7-8-13(2)14-9-11-15(16)12-10-14/h10-11,13,19-20H,4-9,12,14-15H2,1-3H3;3,9-12,16H,1-2,4-8H2. The van der Waals surface area contributed by atoms with Crippen molar-refractivity contribution in [1.29, 1.82) is 0 Å². The van der Waals surface area contributed by atoms with Crippen molar-refractivity contribution in [1.82, 2.24) is 10.2 Å². The first kappa shape index (κ1) is 30.9. The molecule has 37 heavy (non-hydrogen) atoms. The Balaban J connectivity index is 0.000000271. The number of fused-ring (bicyclic) bond motifs is 1. The molecule has 1 aliphatic carbocycles. The molecule has 3 nitrogen and oxygen atoms in total. The number of phenolic OH excluding ortho intramolecular Hbond substituents is 1. The Hall–Kier alpha value is -2.36.